The van der Waals surface area contributed by atoms with Crippen LogP contribution in [0.5, 0.6) is 0 Å². The summed E-state index contributed by atoms with van der Waals surface area (Å²) in [6.45, 7) is 2.05. The number of carboxylic acids is 1. The number of nitrogens with one attached hydrogen (secondary N) is 1. The average Bonchev–Trinajstić information content (AvgIpc) is 2.38. The molecule has 2 atom stereocenters. The van der Waals surface area contributed by atoms with Gasteiger partial charge in [0.25, 0.3) is 0 Å². The van der Waals surface area contributed by atoms with E-state index in [1.807, 2.05) is 30.3 Å². The molecule has 0 unspecified atom stereocenters. The number of carboxylic acid groups (broad SMARTS) is 1. The number of amides is 1. The molecule has 0 aliphatic heterocycles. The van der Waals surface area contributed by atoms with E-state index in [0.29, 0.717) is 6.54 Å². The number of primary amides is 1. The normalized spacial score (nSPS) is 12.9. The van der Waals surface area contributed by atoms with E-state index in [0.717, 1.165) is 5.56 Å². The van der Waals surface area contributed by atoms with Gasteiger partial charge in [-0.25, -0.2) is 0 Å². The van der Waals surface area contributed by atoms with Crippen LogP contribution >= 0.6 is 0 Å². The van der Waals surface area contributed by atoms with E-state index in [1.54, 1.807) is 0 Å². The van der Waals surface area contributed by atoms with Crippen LogP contribution < -0.4 is 45.7 Å². The largest absolute Gasteiger partial charge is 1.00 e. The van der Waals surface area contributed by atoms with Crippen LogP contribution in [0.25, 0.3) is 0 Å². The van der Waals surface area contributed by atoms with Gasteiger partial charge in [0.2, 0.25) is 5.91 Å². The number of halogens is 3. The molecule has 0 aromatic heterocycles. The summed E-state index contributed by atoms with van der Waals surface area (Å²) < 4.78 is 31.5. The predicted octanol–water partition coefficient (Wildman–Crippen LogP) is -3.69. The molecule has 0 heterocycles. The van der Waals surface area contributed by atoms with Crippen LogP contribution in [0.4, 0.5) is 13.2 Å². The minimum Gasteiger partial charge on any atom is -0.542 e. The van der Waals surface area contributed by atoms with E-state index in [2.05, 4.69) is 5.32 Å². The molecular weight excluding hydrogens is 328 g/mol. The third-order valence-corrected chi connectivity index (χ3v) is 2.39. The second kappa shape index (κ2) is 11.4. The monoisotopic (exact) mass is 344 g/mol. The number of aliphatic hydroxyl groups excluding tert-OH is 1. The molecule has 124 valence electrons. The summed E-state index contributed by atoms with van der Waals surface area (Å²) in [5.41, 5.74) is 6.19. The minimum atomic E-state index is -5.19. The quantitative estimate of drug-likeness (QED) is 0.476. The Balaban J connectivity index is 0. The topological polar surface area (TPSA) is 115 Å². The van der Waals surface area contributed by atoms with Crippen molar-refractivity contribution in [3.05, 3.63) is 35.9 Å². The third-order valence-electron chi connectivity index (χ3n) is 2.39. The number of aliphatic hydroxyl groups is 1. The van der Waals surface area contributed by atoms with E-state index in [4.69, 9.17) is 15.6 Å². The van der Waals surface area contributed by atoms with Crippen LogP contribution in [0.3, 0.4) is 0 Å². The van der Waals surface area contributed by atoms with Crippen LogP contribution in [-0.2, 0) is 16.1 Å². The Morgan fingerprint density at radius 3 is 2.04 bits per heavy atom. The van der Waals surface area contributed by atoms with Crippen LogP contribution in [0.2, 0.25) is 0 Å². The molecule has 1 rings (SSSR count). The number of aliphatic carboxylic acids is 1. The Hall–Kier alpha value is -1.13. The number of hydrogen-bond donors (Lipinski definition) is 3. The van der Waals surface area contributed by atoms with Crippen molar-refractivity contribution in [1.82, 2.24) is 5.32 Å². The van der Waals surface area contributed by atoms with Crippen molar-refractivity contribution in [3.63, 3.8) is 0 Å². The van der Waals surface area contributed by atoms with Crippen molar-refractivity contribution in [3.8, 4) is 0 Å². The molecule has 1 aromatic rings. The van der Waals surface area contributed by atoms with Gasteiger partial charge in [-0.15, -0.1) is 0 Å². The zero-order chi connectivity index (χ0) is 17.3. The molecule has 0 saturated carbocycles. The number of benzene rings is 1. The minimum absolute atomic E-state index is 0. The predicted molar refractivity (Wildman–Crippen MR) is 69.0 cm³/mol. The first kappa shape index (κ1) is 24.1. The van der Waals surface area contributed by atoms with Crippen LogP contribution in [0, 0.1) is 0 Å². The molecule has 23 heavy (non-hydrogen) atoms. The molecule has 0 spiro atoms. The summed E-state index contributed by atoms with van der Waals surface area (Å²) in [6, 6.07) is 8.92. The number of alkyl halides is 3. The zero-order valence-electron chi connectivity index (χ0n) is 12.6. The van der Waals surface area contributed by atoms with E-state index in [9.17, 15) is 23.1 Å². The molecule has 1 aromatic carbocycles. The van der Waals surface area contributed by atoms with E-state index >= 15 is 0 Å². The Labute approximate surface area is 153 Å². The first-order chi connectivity index (χ1) is 10.1. The molecule has 0 aliphatic rings. The molecule has 0 bridgehead atoms. The third kappa shape index (κ3) is 11.1. The van der Waals surface area contributed by atoms with Gasteiger partial charge in [0, 0.05) is 6.54 Å². The van der Waals surface area contributed by atoms with Gasteiger partial charge < -0.3 is 20.7 Å². The molecular formula is C13H16F3N2NaO4. The first-order valence-electron chi connectivity index (χ1n) is 6.08. The summed E-state index contributed by atoms with van der Waals surface area (Å²) in [7, 11) is 0. The first-order valence-corrected chi connectivity index (χ1v) is 6.08. The van der Waals surface area contributed by atoms with Gasteiger partial charge in [0.15, 0.2) is 0 Å². The van der Waals surface area contributed by atoms with Crippen molar-refractivity contribution in [1.29, 1.82) is 0 Å². The Bertz CT molecular complexity index is 484. The van der Waals surface area contributed by atoms with E-state index < -0.39 is 30.2 Å². The number of rotatable bonds is 5. The van der Waals surface area contributed by atoms with Crippen LogP contribution in [0.1, 0.15) is 12.5 Å². The zero-order valence-corrected chi connectivity index (χ0v) is 14.6. The fourth-order valence-corrected chi connectivity index (χ4v) is 1.33. The Kier molecular flexibility index (Phi) is 12.0. The van der Waals surface area contributed by atoms with Gasteiger partial charge in [0.05, 0.1) is 6.10 Å². The van der Waals surface area contributed by atoms with Gasteiger partial charge in [-0.05, 0) is 12.5 Å². The standard InChI is InChI=1S/C11H16N2O2.C2HF3O2.Na/c1-8(14)10(11(12)15)13-7-9-5-3-2-4-6-9;3-2(4,5)1(6)7;/h2-6,8,10,13-14H,7H2,1H3,(H2,12,15);(H,6,7);/q;;+1/p-1/t8-,10+;;/m1../s1. The maximum Gasteiger partial charge on any atom is 1.00 e. The van der Waals surface area contributed by atoms with Gasteiger partial charge in [-0.1, -0.05) is 30.3 Å². The maximum absolute atomic E-state index is 11.0. The summed E-state index contributed by atoms with van der Waals surface area (Å²) in [6.07, 6.45) is -5.98. The Morgan fingerprint density at radius 2 is 1.74 bits per heavy atom. The summed E-state index contributed by atoms with van der Waals surface area (Å²) in [5, 5.41) is 21.0. The second-order valence-electron chi connectivity index (χ2n) is 4.27. The van der Waals surface area contributed by atoms with Gasteiger partial charge in [0.1, 0.15) is 12.0 Å². The molecule has 0 radical (unpaired) electrons. The van der Waals surface area contributed by atoms with Crippen molar-refractivity contribution < 1.29 is 62.5 Å². The summed E-state index contributed by atoms with van der Waals surface area (Å²) in [5.74, 6) is -3.55. The fraction of sp³-hybridized carbons (Fsp3) is 0.385. The van der Waals surface area contributed by atoms with E-state index in [-0.39, 0.29) is 29.6 Å². The van der Waals surface area contributed by atoms with Crippen LogP contribution in [0.15, 0.2) is 30.3 Å². The number of carbonyl (C=O) groups excluding carboxylic acids is 2. The molecule has 0 saturated heterocycles. The summed E-state index contributed by atoms with van der Waals surface area (Å²) in [4.78, 5) is 19.7. The molecule has 1 amide bonds. The molecule has 4 N–H and O–H groups in total. The van der Waals surface area contributed by atoms with Crippen molar-refractivity contribution in [2.24, 2.45) is 5.73 Å². The second-order valence-corrected chi connectivity index (χ2v) is 4.27. The van der Waals surface area contributed by atoms with Gasteiger partial charge >= 0.3 is 35.7 Å². The maximum atomic E-state index is 11.0. The SMILES string of the molecule is C[C@@H](O)[C@H](NCc1ccccc1)C(N)=O.O=C([O-])C(F)(F)F.[Na+]. The van der Waals surface area contributed by atoms with Crippen molar-refractivity contribution >= 4 is 11.9 Å². The van der Waals surface area contributed by atoms with Gasteiger partial charge in [-0.3, -0.25) is 10.1 Å². The van der Waals surface area contributed by atoms with E-state index in [1.165, 1.54) is 6.92 Å². The Morgan fingerprint density at radius 1 is 1.30 bits per heavy atom. The van der Waals surface area contributed by atoms with Crippen LogP contribution in [-0.4, -0.2) is 35.3 Å². The smallest absolute Gasteiger partial charge is 0.542 e. The number of hydrogen-bond acceptors (Lipinski definition) is 5. The van der Waals surface area contributed by atoms with Crippen molar-refractivity contribution in [2.75, 3.05) is 0 Å². The fourth-order valence-electron chi connectivity index (χ4n) is 1.33. The number of nitrogens with two attached hydrogens (primary N) is 1. The molecule has 0 fully saturated rings. The van der Waals surface area contributed by atoms with Crippen molar-refractivity contribution in [2.45, 2.75) is 31.8 Å². The molecule has 10 heteroatoms. The summed E-state index contributed by atoms with van der Waals surface area (Å²) >= 11 is 0. The number of carbonyl (C=O) groups is 2. The van der Waals surface area contributed by atoms with Gasteiger partial charge in [-0.2, -0.15) is 13.2 Å². The molecule has 6 nitrogen and oxygen atoms in total. The molecule has 0 aliphatic carbocycles. The average molecular weight is 344 g/mol.